The number of nitrogens with one attached hydrogen (secondary N) is 1. The van der Waals surface area contributed by atoms with Gasteiger partial charge in [-0.3, -0.25) is 0 Å². The summed E-state index contributed by atoms with van der Waals surface area (Å²) in [6.45, 7) is 4.24. The highest BCUT2D eigenvalue weighted by Gasteiger charge is 2.23. The standard InChI is InChI=1S/C14H20ClNO/c1-9-6-13(14(17-3)8-12(9)15)16-10(2)7-11-4-5-11/h6,8,10-11,16H,4-5,7H2,1-3H3. The number of aryl methyl sites for hydroxylation is 1. The lowest BCUT2D eigenvalue weighted by Crippen LogP contribution is -2.16. The molecule has 2 nitrogen and oxygen atoms in total. The Bertz CT molecular complexity index is 401. The topological polar surface area (TPSA) is 21.3 Å². The maximum atomic E-state index is 6.09. The first-order chi connectivity index (χ1) is 8.10. The van der Waals surface area contributed by atoms with Gasteiger partial charge in [-0.2, -0.15) is 0 Å². The molecule has 1 fully saturated rings. The molecular weight excluding hydrogens is 234 g/mol. The Morgan fingerprint density at radius 3 is 2.76 bits per heavy atom. The zero-order chi connectivity index (χ0) is 12.4. The molecule has 0 saturated heterocycles. The Morgan fingerprint density at radius 1 is 1.47 bits per heavy atom. The maximum Gasteiger partial charge on any atom is 0.143 e. The predicted molar refractivity (Wildman–Crippen MR) is 73.2 cm³/mol. The third kappa shape index (κ3) is 3.29. The molecule has 1 aliphatic carbocycles. The third-order valence-electron chi connectivity index (χ3n) is 3.27. The fraction of sp³-hybridized carbons (Fsp3) is 0.571. The van der Waals surface area contributed by atoms with Crippen molar-refractivity contribution in [2.24, 2.45) is 5.92 Å². The number of halogens is 1. The second-order valence-electron chi connectivity index (χ2n) is 5.03. The molecule has 1 aromatic carbocycles. The summed E-state index contributed by atoms with van der Waals surface area (Å²) in [6.07, 6.45) is 4.02. The minimum Gasteiger partial charge on any atom is -0.495 e. The summed E-state index contributed by atoms with van der Waals surface area (Å²) in [6, 6.07) is 4.42. The molecule has 3 heteroatoms. The van der Waals surface area contributed by atoms with Gasteiger partial charge in [0.2, 0.25) is 0 Å². The molecule has 0 aromatic heterocycles. The van der Waals surface area contributed by atoms with Crippen molar-refractivity contribution in [3.63, 3.8) is 0 Å². The van der Waals surface area contributed by atoms with Crippen molar-refractivity contribution >= 4 is 17.3 Å². The first-order valence-electron chi connectivity index (χ1n) is 6.21. The average molecular weight is 254 g/mol. The van der Waals surface area contributed by atoms with Gasteiger partial charge in [0, 0.05) is 17.1 Å². The van der Waals surface area contributed by atoms with E-state index in [0.717, 1.165) is 27.9 Å². The largest absolute Gasteiger partial charge is 0.495 e. The van der Waals surface area contributed by atoms with E-state index in [0.29, 0.717) is 6.04 Å². The number of rotatable bonds is 5. The highest BCUT2D eigenvalue weighted by molar-refractivity contribution is 6.31. The molecule has 0 amide bonds. The number of hydrogen-bond acceptors (Lipinski definition) is 2. The molecular formula is C14H20ClNO. The Labute approximate surface area is 108 Å². The molecule has 1 aliphatic rings. The second-order valence-corrected chi connectivity index (χ2v) is 5.43. The molecule has 0 spiro atoms. The second kappa shape index (κ2) is 5.18. The molecule has 1 atom stereocenters. The lowest BCUT2D eigenvalue weighted by Gasteiger charge is -2.18. The van der Waals surface area contributed by atoms with Crippen LogP contribution >= 0.6 is 11.6 Å². The van der Waals surface area contributed by atoms with E-state index in [1.807, 2.05) is 13.0 Å². The smallest absolute Gasteiger partial charge is 0.143 e. The minimum atomic E-state index is 0.483. The van der Waals surface area contributed by atoms with Crippen LogP contribution in [-0.2, 0) is 0 Å². The van der Waals surface area contributed by atoms with Crippen LogP contribution in [0.5, 0.6) is 5.75 Å². The van der Waals surface area contributed by atoms with Crippen molar-refractivity contribution in [2.75, 3.05) is 12.4 Å². The van der Waals surface area contributed by atoms with Crippen LogP contribution < -0.4 is 10.1 Å². The van der Waals surface area contributed by atoms with Crippen LogP contribution in [0.3, 0.4) is 0 Å². The lowest BCUT2D eigenvalue weighted by molar-refractivity contribution is 0.415. The summed E-state index contributed by atoms with van der Waals surface area (Å²) in [7, 11) is 1.68. The minimum absolute atomic E-state index is 0.483. The van der Waals surface area contributed by atoms with Gasteiger partial charge in [-0.15, -0.1) is 0 Å². The zero-order valence-electron chi connectivity index (χ0n) is 10.7. The van der Waals surface area contributed by atoms with E-state index in [1.165, 1.54) is 19.3 Å². The predicted octanol–water partition coefficient (Wildman–Crippen LogP) is 4.26. The van der Waals surface area contributed by atoms with Gasteiger partial charge in [0.25, 0.3) is 0 Å². The molecule has 1 N–H and O–H groups in total. The lowest BCUT2D eigenvalue weighted by atomic mass is 10.1. The van der Waals surface area contributed by atoms with E-state index in [1.54, 1.807) is 7.11 Å². The molecule has 1 unspecified atom stereocenters. The van der Waals surface area contributed by atoms with Crippen molar-refractivity contribution in [1.82, 2.24) is 0 Å². The van der Waals surface area contributed by atoms with Gasteiger partial charge in [0.15, 0.2) is 0 Å². The quantitative estimate of drug-likeness (QED) is 0.847. The van der Waals surface area contributed by atoms with Crippen LogP contribution in [0, 0.1) is 12.8 Å². The summed E-state index contributed by atoms with van der Waals surface area (Å²) >= 11 is 6.09. The van der Waals surface area contributed by atoms with Crippen molar-refractivity contribution in [1.29, 1.82) is 0 Å². The van der Waals surface area contributed by atoms with Crippen molar-refractivity contribution in [3.05, 3.63) is 22.7 Å². The Morgan fingerprint density at radius 2 is 2.18 bits per heavy atom. The summed E-state index contributed by atoms with van der Waals surface area (Å²) in [4.78, 5) is 0. The van der Waals surface area contributed by atoms with Crippen LogP contribution in [0.25, 0.3) is 0 Å². The van der Waals surface area contributed by atoms with Gasteiger partial charge in [-0.05, 0) is 37.8 Å². The molecule has 17 heavy (non-hydrogen) atoms. The van der Waals surface area contributed by atoms with Crippen LogP contribution in [-0.4, -0.2) is 13.2 Å². The summed E-state index contributed by atoms with van der Waals surface area (Å²) in [5, 5.41) is 4.27. The van der Waals surface area contributed by atoms with Gasteiger partial charge >= 0.3 is 0 Å². The third-order valence-corrected chi connectivity index (χ3v) is 3.67. The van der Waals surface area contributed by atoms with E-state index >= 15 is 0 Å². The van der Waals surface area contributed by atoms with E-state index in [4.69, 9.17) is 16.3 Å². The number of hydrogen-bond donors (Lipinski definition) is 1. The zero-order valence-corrected chi connectivity index (χ0v) is 11.5. The average Bonchev–Trinajstić information content (AvgIpc) is 3.06. The molecule has 2 rings (SSSR count). The van der Waals surface area contributed by atoms with Crippen LogP contribution in [0.15, 0.2) is 12.1 Å². The first-order valence-corrected chi connectivity index (χ1v) is 6.58. The highest BCUT2D eigenvalue weighted by atomic mass is 35.5. The highest BCUT2D eigenvalue weighted by Crippen LogP contribution is 2.36. The van der Waals surface area contributed by atoms with Crippen molar-refractivity contribution in [3.8, 4) is 5.75 Å². The maximum absolute atomic E-state index is 6.09. The molecule has 1 aromatic rings. The fourth-order valence-electron chi connectivity index (χ4n) is 2.12. The van der Waals surface area contributed by atoms with E-state index in [9.17, 15) is 0 Å². The van der Waals surface area contributed by atoms with Gasteiger partial charge < -0.3 is 10.1 Å². The number of benzene rings is 1. The molecule has 0 aliphatic heterocycles. The Kier molecular flexibility index (Phi) is 3.82. The van der Waals surface area contributed by atoms with Gasteiger partial charge in [-0.1, -0.05) is 24.4 Å². The van der Waals surface area contributed by atoms with Crippen molar-refractivity contribution < 1.29 is 4.74 Å². The number of anilines is 1. The first kappa shape index (κ1) is 12.6. The van der Waals surface area contributed by atoms with Gasteiger partial charge in [0.05, 0.1) is 12.8 Å². The van der Waals surface area contributed by atoms with E-state index < -0.39 is 0 Å². The fourth-order valence-corrected chi connectivity index (χ4v) is 2.28. The van der Waals surface area contributed by atoms with Crippen LogP contribution in [0.2, 0.25) is 5.02 Å². The normalized spacial score (nSPS) is 16.7. The summed E-state index contributed by atoms with van der Waals surface area (Å²) in [5.41, 5.74) is 2.12. The Balaban J connectivity index is 2.09. The van der Waals surface area contributed by atoms with Crippen LogP contribution in [0.4, 0.5) is 5.69 Å². The monoisotopic (exact) mass is 253 g/mol. The van der Waals surface area contributed by atoms with Crippen LogP contribution in [0.1, 0.15) is 31.7 Å². The number of ether oxygens (including phenoxy) is 1. The number of methoxy groups -OCH3 is 1. The Hall–Kier alpha value is -0.890. The van der Waals surface area contributed by atoms with Crippen molar-refractivity contribution in [2.45, 2.75) is 39.2 Å². The molecule has 0 radical (unpaired) electrons. The molecule has 1 saturated carbocycles. The summed E-state index contributed by atoms with van der Waals surface area (Å²) in [5.74, 6) is 1.75. The summed E-state index contributed by atoms with van der Waals surface area (Å²) < 4.78 is 5.36. The van der Waals surface area contributed by atoms with E-state index in [2.05, 4.69) is 18.3 Å². The molecule has 94 valence electrons. The van der Waals surface area contributed by atoms with E-state index in [-0.39, 0.29) is 0 Å². The SMILES string of the molecule is COc1cc(Cl)c(C)cc1NC(C)CC1CC1. The van der Waals surface area contributed by atoms with Gasteiger partial charge in [-0.25, -0.2) is 0 Å². The molecule has 0 bridgehead atoms. The van der Waals surface area contributed by atoms with Gasteiger partial charge in [0.1, 0.15) is 5.75 Å². The molecule has 0 heterocycles.